The fraction of sp³-hybridized carbons (Fsp3) is 0.676. The molecule has 3 rings (SSSR count). The number of carbonyl (C=O) groups is 5. The van der Waals surface area contributed by atoms with Gasteiger partial charge in [-0.05, 0) is 62.9 Å². The van der Waals surface area contributed by atoms with Crippen LogP contribution in [0.25, 0.3) is 0 Å². The highest BCUT2D eigenvalue weighted by Crippen LogP contribution is 2.68. The zero-order chi connectivity index (χ0) is 33.0. The zero-order valence-electron chi connectivity index (χ0n) is 27.1. The van der Waals surface area contributed by atoms with Gasteiger partial charge in [-0.1, -0.05) is 52.5 Å². The molecule has 44 heavy (non-hydrogen) atoms. The standard InChI is InChI=1S/C34H48O10/c1-10-13-29(38)43-31-26-16-24(42-30(39)20(5)12-3)17-27-33(9,15-14-19(4)11-2)25(21(6)35)18-28(40-22(7)36)34(26,27)32(44-31)41-23(8)37/h11,16,20,24-25,27-28,31-32H,2,4,10,12-15,17-18H2,1,3,5-9H3/t20?,24-,25-,27-,28-,31-,32+,33+,34+/m1/s1. The molecule has 0 amide bonds. The molecule has 244 valence electrons. The Morgan fingerprint density at radius 1 is 1.02 bits per heavy atom. The number of ether oxygens (including phenoxy) is 5. The van der Waals surface area contributed by atoms with Gasteiger partial charge < -0.3 is 18.9 Å². The van der Waals surface area contributed by atoms with E-state index < -0.39 is 71.3 Å². The lowest BCUT2D eigenvalue weighted by Crippen LogP contribution is -2.65. The van der Waals surface area contributed by atoms with Crippen molar-refractivity contribution in [3.63, 3.8) is 0 Å². The van der Waals surface area contributed by atoms with Crippen molar-refractivity contribution < 1.29 is 47.7 Å². The van der Waals surface area contributed by atoms with E-state index in [2.05, 4.69) is 13.2 Å². The highest BCUT2D eigenvalue weighted by molar-refractivity contribution is 5.80. The second-order valence-corrected chi connectivity index (χ2v) is 12.6. The molecule has 0 bridgehead atoms. The highest BCUT2D eigenvalue weighted by atomic mass is 16.8. The summed E-state index contributed by atoms with van der Waals surface area (Å²) in [7, 11) is 0. The molecule has 3 aliphatic rings. The first-order valence-electron chi connectivity index (χ1n) is 15.6. The number of rotatable bonds is 13. The molecule has 9 atom stereocenters. The summed E-state index contributed by atoms with van der Waals surface area (Å²) >= 11 is 0. The van der Waals surface area contributed by atoms with Gasteiger partial charge in [0.1, 0.15) is 23.4 Å². The van der Waals surface area contributed by atoms with Gasteiger partial charge in [0.25, 0.3) is 0 Å². The van der Waals surface area contributed by atoms with Crippen molar-refractivity contribution in [2.45, 2.75) is 118 Å². The van der Waals surface area contributed by atoms with Crippen LogP contribution in [0.3, 0.4) is 0 Å². The topological polar surface area (TPSA) is 132 Å². The average molecular weight is 617 g/mol. The first kappa shape index (κ1) is 35.2. The average Bonchev–Trinajstić information content (AvgIpc) is 3.23. The first-order valence-corrected chi connectivity index (χ1v) is 15.6. The van der Waals surface area contributed by atoms with Crippen LogP contribution in [0.2, 0.25) is 0 Å². The Hall–Kier alpha value is -3.27. The van der Waals surface area contributed by atoms with Crippen molar-refractivity contribution in [2.24, 2.45) is 28.6 Å². The number of carbonyl (C=O) groups excluding carboxylic acids is 5. The number of hydrogen-bond acceptors (Lipinski definition) is 10. The third-order valence-electron chi connectivity index (χ3n) is 9.70. The van der Waals surface area contributed by atoms with Crippen molar-refractivity contribution in [1.29, 1.82) is 0 Å². The molecule has 0 aromatic heterocycles. The van der Waals surface area contributed by atoms with Gasteiger partial charge in [-0.3, -0.25) is 28.7 Å². The molecule has 1 spiro atoms. The van der Waals surface area contributed by atoms with Gasteiger partial charge in [-0.25, -0.2) is 0 Å². The second kappa shape index (κ2) is 14.2. The predicted molar refractivity (Wildman–Crippen MR) is 160 cm³/mol. The number of ketones is 1. The second-order valence-electron chi connectivity index (χ2n) is 12.6. The quantitative estimate of drug-likeness (QED) is 0.113. The third-order valence-corrected chi connectivity index (χ3v) is 9.70. The van der Waals surface area contributed by atoms with Gasteiger partial charge in [0.2, 0.25) is 12.6 Å². The molecule has 2 fully saturated rings. The van der Waals surface area contributed by atoms with E-state index in [0.717, 1.165) is 5.57 Å². The van der Waals surface area contributed by atoms with Gasteiger partial charge in [0.15, 0.2) is 0 Å². The summed E-state index contributed by atoms with van der Waals surface area (Å²) in [6.07, 6.45) is 1.54. The maximum absolute atomic E-state index is 13.4. The summed E-state index contributed by atoms with van der Waals surface area (Å²) in [6, 6.07) is 0. The zero-order valence-corrected chi connectivity index (χ0v) is 27.1. The van der Waals surface area contributed by atoms with E-state index >= 15 is 0 Å². The first-order chi connectivity index (χ1) is 20.6. The summed E-state index contributed by atoms with van der Waals surface area (Å²) in [5.41, 5.74) is -0.974. The van der Waals surface area contributed by atoms with Gasteiger partial charge in [0.05, 0.1) is 5.92 Å². The van der Waals surface area contributed by atoms with E-state index in [-0.39, 0.29) is 31.0 Å². The Kier molecular flexibility index (Phi) is 11.4. The van der Waals surface area contributed by atoms with E-state index in [9.17, 15) is 24.0 Å². The van der Waals surface area contributed by atoms with Crippen molar-refractivity contribution in [3.8, 4) is 0 Å². The van der Waals surface area contributed by atoms with E-state index in [1.807, 2.05) is 20.8 Å². The maximum Gasteiger partial charge on any atom is 0.309 e. The summed E-state index contributed by atoms with van der Waals surface area (Å²) in [5.74, 6) is -3.79. The smallest absolute Gasteiger partial charge is 0.309 e. The van der Waals surface area contributed by atoms with Crippen LogP contribution in [-0.2, 0) is 47.7 Å². The van der Waals surface area contributed by atoms with Crippen LogP contribution in [-0.4, -0.2) is 54.4 Å². The van der Waals surface area contributed by atoms with Crippen LogP contribution < -0.4 is 0 Å². The van der Waals surface area contributed by atoms with Crippen LogP contribution in [0.1, 0.15) is 93.4 Å². The van der Waals surface area contributed by atoms with Crippen LogP contribution in [0.4, 0.5) is 0 Å². The van der Waals surface area contributed by atoms with Crippen LogP contribution in [0.5, 0.6) is 0 Å². The maximum atomic E-state index is 13.4. The molecular formula is C34H48O10. The SMILES string of the molecule is C=CC(=C)CC[C@@]1(C)[C@@H](C(C)=O)C[C@@H](OC(C)=O)[C@]23C(=C[C@@H](OC(=O)C(C)CC)C[C@H]12)[C@H](OC(=O)CCC)O[C@@H]3OC(C)=O. The molecular weight excluding hydrogens is 568 g/mol. The minimum atomic E-state index is -1.34. The van der Waals surface area contributed by atoms with Crippen LogP contribution in [0, 0.1) is 28.6 Å². The minimum absolute atomic E-state index is 0.0955. The van der Waals surface area contributed by atoms with Gasteiger partial charge in [-0.15, -0.1) is 0 Å². The summed E-state index contributed by atoms with van der Waals surface area (Å²) < 4.78 is 29.9. The fourth-order valence-electron chi connectivity index (χ4n) is 7.34. The Morgan fingerprint density at radius 3 is 2.23 bits per heavy atom. The number of allylic oxidation sites excluding steroid dienone is 2. The van der Waals surface area contributed by atoms with Crippen molar-refractivity contribution in [3.05, 3.63) is 36.5 Å². The molecule has 10 nitrogen and oxygen atoms in total. The molecule has 1 saturated carbocycles. The Morgan fingerprint density at radius 2 is 1.68 bits per heavy atom. The lowest BCUT2D eigenvalue weighted by atomic mass is 9.44. The van der Waals surface area contributed by atoms with Crippen molar-refractivity contribution >= 4 is 29.7 Å². The largest absolute Gasteiger partial charge is 0.461 e. The Bertz CT molecular complexity index is 1200. The van der Waals surface area contributed by atoms with E-state index in [0.29, 0.717) is 31.3 Å². The van der Waals surface area contributed by atoms with Gasteiger partial charge in [0, 0.05) is 31.8 Å². The highest BCUT2D eigenvalue weighted by Gasteiger charge is 2.73. The number of esters is 4. The molecule has 1 heterocycles. The van der Waals surface area contributed by atoms with Gasteiger partial charge in [-0.2, -0.15) is 0 Å². The van der Waals surface area contributed by atoms with Gasteiger partial charge >= 0.3 is 23.9 Å². The lowest BCUT2D eigenvalue weighted by Gasteiger charge is -2.61. The molecule has 1 saturated heterocycles. The predicted octanol–water partition coefficient (Wildman–Crippen LogP) is 5.54. The molecule has 10 heteroatoms. The molecule has 1 aliphatic heterocycles. The molecule has 0 aromatic carbocycles. The van der Waals surface area contributed by atoms with E-state index in [4.69, 9.17) is 23.7 Å². The Labute approximate surface area is 260 Å². The third kappa shape index (κ3) is 6.85. The van der Waals surface area contributed by atoms with Crippen LogP contribution >= 0.6 is 0 Å². The minimum Gasteiger partial charge on any atom is -0.461 e. The number of hydrogen-bond donors (Lipinski definition) is 0. The van der Waals surface area contributed by atoms with E-state index in [1.54, 1.807) is 19.1 Å². The molecule has 0 radical (unpaired) electrons. The number of Topliss-reactive ketones (excluding diaryl/α,β-unsaturated/α-hetero) is 1. The lowest BCUT2D eigenvalue weighted by molar-refractivity contribution is -0.257. The summed E-state index contributed by atoms with van der Waals surface area (Å²) in [5, 5.41) is 0. The fourth-order valence-corrected chi connectivity index (χ4v) is 7.34. The monoisotopic (exact) mass is 616 g/mol. The summed E-state index contributed by atoms with van der Waals surface area (Å²) in [4.78, 5) is 64.4. The van der Waals surface area contributed by atoms with Crippen molar-refractivity contribution in [2.75, 3.05) is 0 Å². The van der Waals surface area contributed by atoms with E-state index in [1.165, 1.54) is 20.8 Å². The molecule has 0 N–H and O–H groups in total. The normalized spacial score (nSPS) is 33.0. The Balaban J connectivity index is 2.34. The van der Waals surface area contributed by atoms with Crippen LogP contribution in [0.15, 0.2) is 36.5 Å². The summed E-state index contributed by atoms with van der Waals surface area (Å²) in [6.45, 7) is 19.4. The molecule has 2 aliphatic carbocycles. The van der Waals surface area contributed by atoms with Crippen molar-refractivity contribution in [1.82, 2.24) is 0 Å². The molecule has 1 unspecified atom stereocenters. The molecule has 0 aromatic rings.